The lowest BCUT2D eigenvalue weighted by Gasteiger charge is -2.00. The monoisotopic (exact) mass is 232 g/mol. The molecule has 17 heavy (non-hydrogen) atoms. The minimum Gasteiger partial charge on any atom is -0.497 e. The largest absolute Gasteiger partial charge is 0.497 e. The van der Waals surface area contributed by atoms with E-state index in [4.69, 9.17) is 9.84 Å². The molecule has 1 heterocycles. The summed E-state index contributed by atoms with van der Waals surface area (Å²) in [6.45, 7) is -0.129. The van der Waals surface area contributed by atoms with Gasteiger partial charge in [-0.1, -0.05) is 0 Å². The second-order valence-corrected chi connectivity index (χ2v) is 3.52. The van der Waals surface area contributed by atoms with Gasteiger partial charge in [0, 0.05) is 11.8 Å². The van der Waals surface area contributed by atoms with E-state index in [0.29, 0.717) is 0 Å². The van der Waals surface area contributed by atoms with E-state index in [1.165, 1.54) is 4.68 Å². The van der Waals surface area contributed by atoms with E-state index in [2.05, 4.69) is 5.10 Å². The van der Waals surface area contributed by atoms with Gasteiger partial charge in [-0.3, -0.25) is 9.48 Å². The van der Waals surface area contributed by atoms with Gasteiger partial charge >= 0.3 is 5.97 Å². The molecular formula is C12H12N2O3. The van der Waals surface area contributed by atoms with Crippen LogP contribution in [0.4, 0.5) is 0 Å². The van der Waals surface area contributed by atoms with Gasteiger partial charge in [-0.25, -0.2) is 0 Å². The number of aliphatic carboxylic acids is 1. The molecule has 0 saturated heterocycles. The molecule has 0 atom stereocenters. The third-order valence-electron chi connectivity index (χ3n) is 2.32. The summed E-state index contributed by atoms with van der Waals surface area (Å²) in [7, 11) is 1.61. The van der Waals surface area contributed by atoms with Crippen LogP contribution < -0.4 is 4.74 Å². The van der Waals surface area contributed by atoms with Gasteiger partial charge in [0.2, 0.25) is 0 Å². The van der Waals surface area contributed by atoms with Crippen LogP contribution in [0.5, 0.6) is 5.75 Å². The van der Waals surface area contributed by atoms with Crippen molar-refractivity contribution in [1.82, 2.24) is 9.78 Å². The highest BCUT2D eigenvalue weighted by Gasteiger charge is 2.04. The van der Waals surface area contributed by atoms with Crippen LogP contribution in [0.2, 0.25) is 0 Å². The molecule has 1 N–H and O–H groups in total. The predicted molar refractivity (Wildman–Crippen MR) is 61.9 cm³/mol. The molecule has 5 heteroatoms. The molecule has 1 aromatic carbocycles. The van der Waals surface area contributed by atoms with Crippen molar-refractivity contribution in [1.29, 1.82) is 0 Å². The maximum Gasteiger partial charge on any atom is 0.325 e. The molecule has 0 amide bonds. The van der Waals surface area contributed by atoms with E-state index in [0.717, 1.165) is 17.0 Å². The molecule has 0 unspecified atom stereocenters. The van der Waals surface area contributed by atoms with Crippen LogP contribution in [0, 0.1) is 0 Å². The van der Waals surface area contributed by atoms with Crippen LogP contribution >= 0.6 is 0 Å². The fraction of sp³-hybridized carbons (Fsp3) is 0.167. The molecule has 0 fully saturated rings. The summed E-state index contributed by atoms with van der Waals surface area (Å²) < 4.78 is 6.45. The standard InChI is InChI=1S/C12H12N2O3/c1-17-10-4-2-9(3-5-10)11-6-7-14(13-11)8-12(15)16/h2-7H,8H2,1H3,(H,15,16). The van der Waals surface area contributed by atoms with Crippen molar-refractivity contribution >= 4 is 5.97 Å². The van der Waals surface area contributed by atoms with Gasteiger partial charge in [-0.15, -0.1) is 0 Å². The molecule has 0 aliphatic heterocycles. The highest BCUT2D eigenvalue weighted by atomic mass is 16.5. The van der Waals surface area contributed by atoms with Crippen molar-refractivity contribution < 1.29 is 14.6 Å². The highest BCUT2D eigenvalue weighted by Crippen LogP contribution is 2.20. The van der Waals surface area contributed by atoms with Crippen molar-refractivity contribution in [2.45, 2.75) is 6.54 Å². The number of hydrogen-bond donors (Lipinski definition) is 1. The molecule has 0 spiro atoms. The number of ether oxygens (including phenoxy) is 1. The highest BCUT2D eigenvalue weighted by molar-refractivity contribution is 5.66. The molecule has 0 aliphatic carbocycles. The fourth-order valence-electron chi connectivity index (χ4n) is 1.50. The Hall–Kier alpha value is -2.30. The normalized spacial score (nSPS) is 10.2. The maximum absolute atomic E-state index is 10.5. The SMILES string of the molecule is COc1ccc(-c2ccn(CC(=O)O)n2)cc1. The van der Waals surface area contributed by atoms with Crippen molar-refractivity contribution in [2.75, 3.05) is 7.11 Å². The summed E-state index contributed by atoms with van der Waals surface area (Å²) in [5.41, 5.74) is 1.67. The number of carboxylic acid groups (broad SMARTS) is 1. The predicted octanol–water partition coefficient (Wildman–Crippen LogP) is 1.64. The Balaban J connectivity index is 2.21. The number of aromatic nitrogens is 2. The van der Waals surface area contributed by atoms with Crippen LogP contribution in [0.15, 0.2) is 36.5 Å². The van der Waals surface area contributed by atoms with Crippen LogP contribution in [-0.4, -0.2) is 28.0 Å². The second kappa shape index (κ2) is 4.69. The molecule has 1 aromatic heterocycles. The van der Waals surface area contributed by atoms with Crippen LogP contribution in [-0.2, 0) is 11.3 Å². The second-order valence-electron chi connectivity index (χ2n) is 3.52. The van der Waals surface area contributed by atoms with E-state index in [-0.39, 0.29) is 6.54 Å². The molecule has 2 aromatic rings. The first-order valence-corrected chi connectivity index (χ1v) is 5.09. The van der Waals surface area contributed by atoms with E-state index in [1.54, 1.807) is 19.4 Å². The Morgan fingerprint density at radius 3 is 2.65 bits per heavy atom. The molecule has 0 radical (unpaired) electrons. The number of carbonyl (C=O) groups is 1. The zero-order chi connectivity index (χ0) is 12.3. The minimum atomic E-state index is -0.908. The topological polar surface area (TPSA) is 64.3 Å². The van der Waals surface area contributed by atoms with Gasteiger partial charge in [0.1, 0.15) is 12.3 Å². The van der Waals surface area contributed by atoms with Crippen LogP contribution in [0.1, 0.15) is 0 Å². The molecule has 88 valence electrons. The van der Waals surface area contributed by atoms with E-state index in [1.807, 2.05) is 24.3 Å². The lowest BCUT2D eigenvalue weighted by Crippen LogP contribution is -2.08. The van der Waals surface area contributed by atoms with Crippen molar-refractivity contribution in [3.05, 3.63) is 36.5 Å². The summed E-state index contributed by atoms with van der Waals surface area (Å²) >= 11 is 0. The smallest absolute Gasteiger partial charge is 0.325 e. The van der Waals surface area contributed by atoms with E-state index in [9.17, 15) is 4.79 Å². The van der Waals surface area contributed by atoms with E-state index >= 15 is 0 Å². The number of rotatable bonds is 4. The Morgan fingerprint density at radius 2 is 2.06 bits per heavy atom. The zero-order valence-corrected chi connectivity index (χ0v) is 9.33. The maximum atomic E-state index is 10.5. The third-order valence-corrected chi connectivity index (χ3v) is 2.32. The van der Waals surface area contributed by atoms with Crippen LogP contribution in [0.25, 0.3) is 11.3 Å². The molecule has 0 saturated carbocycles. The number of nitrogens with zero attached hydrogens (tertiary/aromatic N) is 2. The third kappa shape index (κ3) is 2.63. The van der Waals surface area contributed by atoms with Crippen molar-refractivity contribution in [3.8, 4) is 17.0 Å². The molecular weight excluding hydrogens is 220 g/mol. The summed E-state index contributed by atoms with van der Waals surface area (Å²) in [5, 5.41) is 12.8. The Labute approximate surface area is 98.3 Å². The van der Waals surface area contributed by atoms with Gasteiger partial charge in [-0.2, -0.15) is 5.10 Å². The summed E-state index contributed by atoms with van der Waals surface area (Å²) in [5.74, 6) is -0.131. The van der Waals surface area contributed by atoms with Crippen LogP contribution in [0.3, 0.4) is 0 Å². The lowest BCUT2D eigenvalue weighted by atomic mass is 10.1. The average molecular weight is 232 g/mol. The Morgan fingerprint density at radius 1 is 1.35 bits per heavy atom. The lowest BCUT2D eigenvalue weighted by molar-refractivity contribution is -0.137. The van der Waals surface area contributed by atoms with Crippen molar-refractivity contribution in [2.24, 2.45) is 0 Å². The molecule has 2 rings (SSSR count). The quantitative estimate of drug-likeness (QED) is 0.870. The van der Waals surface area contributed by atoms with Gasteiger partial charge in [0.25, 0.3) is 0 Å². The first kappa shape index (κ1) is 11.2. The number of benzene rings is 1. The molecule has 0 bridgehead atoms. The van der Waals surface area contributed by atoms with Gasteiger partial charge < -0.3 is 9.84 Å². The summed E-state index contributed by atoms with van der Waals surface area (Å²) in [4.78, 5) is 10.5. The Kier molecular flexibility index (Phi) is 3.09. The number of carboxylic acids is 1. The summed E-state index contributed by atoms with van der Waals surface area (Å²) in [6, 6.07) is 9.22. The van der Waals surface area contributed by atoms with Crippen molar-refractivity contribution in [3.63, 3.8) is 0 Å². The zero-order valence-electron chi connectivity index (χ0n) is 9.33. The molecule has 0 aliphatic rings. The minimum absolute atomic E-state index is 0.129. The number of methoxy groups -OCH3 is 1. The van der Waals surface area contributed by atoms with Gasteiger partial charge in [0.05, 0.1) is 12.8 Å². The Bertz CT molecular complexity index is 517. The molecule has 5 nitrogen and oxygen atoms in total. The van der Waals surface area contributed by atoms with E-state index < -0.39 is 5.97 Å². The fourth-order valence-corrected chi connectivity index (χ4v) is 1.50. The first-order valence-electron chi connectivity index (χ1n) is 5.09. The summed E-state index contributed by atoms with van der Waals surface area (Å²) in [6.07, 6.45) is 1.65. The number of hydrogen-bond acceptors (Lipinski definition) is 3. The first-order chi connectivity index (χ1) is 8.19. The van der Waals surface area contributed by atoms with Gasteiger partial charge in [-0.05, 0) is 30.3 Å². The van der Waals surface area contributed by atoms with Gasteiger partial charge in [0.15, 0.2) is 0 Å². The average Bonchev–Trinajstić information content (AvgIpc) is 2.77.